The molecule has 2 nitrogen and oxygen atoms in total. The van der Waals surface area contributed by atoms with E-state index >= 15 is 0 Å². The second kappa shape index (κ2) is 6.63. The van der Waals surface area contributed by atoms with Gasteiger partial charge in [0.05, 0.1) is 0 Å². The van der Waals surface area contributed by atoms with E-state index in [0.29, 0.717) is 0 Å². The van der Waals surface area contributed by atoms with Crippen LogP contribution >= 0.6 is 0 Å². The van der Waals surface area contributed by atoms with Gasteiger partial charge in [-0.15, -0.1) is 0 Å². The van der Waals surface area contributed by atoms with Crippen molar-refractivity contribution >= 4 is 5.97 Å². The van der Waals surface area contributed by atoms with Gasteiger partial charge in [-0.3, -0.25) is 0 Å². The quantitative estimate of drug-likeness (QED) is 0.461. The van der Waals surface area contributed by atoms with Crippen LogP contribution in [0.1, 0.15) is 51.9 Å². The lowest BCUT2D eigenvalue weighted by atomic mass is 10.1. The zero-order valence-electron chi connectivity index (χ0n) is 9.00. The van der Waals surface area contributed by atoms with Crippen molar-refractivity contribution in [1.82, 2.24) is 0 Å². The molecule has 0 unspecified atom stereocenters. The Morgan fingerprint density at radius 1 is 1.21 bits per heavy atom. The molecular weight excluding hydrogens is 176 g/mol. The zero-order valence-corrected chi connectivity index (χ0v) is 9.00. The third-order valence-corrected chi connectivity index (χ3v) is 2.56. The van der Waals surface area contributed by atoms with Crippen LogP contribution in [0.4, 0.5) is 0 Å². The molecule has 1 aliphatic rings. The molecule has 0 N–H and O–H groups in total. The summed E-state index contributed by atoms with van der Waals surface area (Å²) in [6.07, 6.45) is 12.2. The van der Waals surface area contributed by atoms with Crippen molar-refractivity contribution in [3.8, 4) is 0 Å². The summed E-state index contributed by atoms with van der Waals surface area (Å²) in [5.74, 6) is -0.180. The predicted octanol–water partition coefficient (Wildman–Crippen LogP) is 3.22. The van der Waals surface area contributed by atoms with Crippen LogP contribution in [0.3, 0.4) is 0 Å². The average Bonchev–Trinajstić information content (AvgIpc) is 2.58. The van der Waals surface area contributed by atoms with Crippen LogP contribution in [0.15, 0.2) is 12.2 Å². The molecule has 14 heavy (non-hydrogen) atoms. The third-order valence-electron chi connectivity index (χ3n) is 2.56. The lowest BCUT2D eigenvalue weighted by molar-refractivity contribution is -0.138. The van der Waals surface area contributed by atoms with Crippen molar-refractivity contribution in [1.29, 1.82) is 0 Å². The fourth-order valence-electron chi connectivity index (χ4n) is 1.69. The van der Waals surface area contributed by atoms with Crippen LogP contribution in [0.25, 0.3) is 0 Å². The first-order valence-corrected chi connectivity index (χ1v) is 5.71. The van der Waals surface area contributed by atoms with Crippen LogP contribution in [-0.4, -0.2) is 12.1 Å². The maximum Gasteiger partial charge on any atom is 0.331 e. The van der Waals surface area contributed by atoms with E-state index in [1.54, 1.807) is 0 Å². The Kier molecular flexibility index (Phi) is 5.35. The predicted molar refractivity (Wildman–Crippen MR) is 57.0 cm³/mol. The van der Waals surface area contributed by atoms with Gasteiger partial charge in [-0.25, -0.2) is 4.79 Å². The highest BCUT2D eigenvalue weighted by Gasteiger charge is 2.15. The van der Waals surface area contributed by atoms with Crippen molar-refractivity contribution < 1.29 is 9.53 Å². The highest BCUT2D eigenvalue weighted by Crippen LogP contribution is 2.14. The van der Waals surface area contributed by atoms with E-state index < -0.39 is 0 Å². The highest BCUT2D eigenvalue weighted by atomic mass is 16.5. The molecule has 1 aliphatic heterocycles. The number of rotatable bonds is 7. The number of carbonyl (C=O) groups is 1. The average molecular weight is 196 g/mol. The van der Waals surface area contributed by atoms with Gasteiger partial charge in [0.15, 0.2) is 0 Å². The molecule has 0 aliphatic carbocycles. The van der Waals surface area contributed by atoms with Gasteiger partial charge in [-0.1, -0.05) is 39.0 Å². The van der Waals surface area contributed by atoms with E-state index in [9.17, 15) is 4.79 Å². The second-order valence-electron chi connectivity index (χ2n) is 3.89. The minimum atomic E-state index is -0.180. The van der Waals surface area contributed by atoms with E-state index in [2.05, 4.69) is 6.92 Å². The zero-order chi connectivity index (χ0) is 10.2. The van der Waals surface area contributed by atoms with Crippen molar-refractivity contribution in [2.45, 2.75) is 58.0 Å². The Balaban J connectivity index is 1.89. The van der Waals surface area contributed by atoms with Crippen LogP contribution in [0.2, 0.25) is 0 Å². The monoisotopic (exact) mass is 196 g/mol. The summed E-state index contributed by atoms with van der Waals surface area (Å²) in [4.78, 5) is 10.7. The Hall–Kier alpha value is -0.790. The number of esters is 1. The number of cyclic esters (lactones) is 1. The minimum absolute atomic E-state index is 0.0636. The molecule has 1 heterocycles. The molecule has 2 heteroatoms. The second-order valence-corrected chi connectivity index (χ2v) is 3.89. The Labute approximate surface area is 86.3 Å². The van der Waals surface area contributed by atoms with Crippen molar-refractivity contribution in [2.75, 3.05) is 0 Å². The summed E-state index contributed by atoms with van der Waals surface area (Å²) in [6.45, 7) is 2.22. The summed E-state index contributed by atoms with van der Waals surface area (Å²) in [7, 11) is 0. The molecule has 0 fully saturated rings. The fraction of sp³-hybridized carbons (Fsp3) is 0.750. The third kappa shape index (κ3) is 4.45. The number of hydrogen-bond acceptors (Lipinski definition) is 2. The maximum absolute atomic E-state index is 10.7. The van der Waals surface area contributed by atoms with E-state index in [1.807, 2.05) is 6.08 Å². The van der Waals surface area contributed by atoms with Crippen molar-refractivity contribution in [3.05, 3.63) is 12.2 Å². The SMILES string of the molecule is CCCCCCCC[C@H]1C=CC(=O)O1. The molecule has 1 rings (SSSR count). The molecule has 0 radical (unpaired) electrons. The van der Waals surface area contributed by atoms with Gasteiger partial charge in [0.1, 0.15) is 6.10 Å². The number of ether oxygens (including phenoxy) is 1. The normalized spacial score (nSPS) is 20.1. The minimum Gasteiger partial charge on any atom is -0.455 e. The van der Waals surface area contributed by atoms with Gasteiger partial charge in [0, 0.05) is 6.08 Å². The first kappa shape index (κ1) is 11.3. The molecule has 0 saturated carbocycles. The molecule has 0 aromatic rings. The van der Waals surface area contributed by atoms with Crippen LogP contribution in [-0.2, 0) is 9.53 Å². The van der Waals surface area contributed by atoms with Gasteiger partial charge < -0.3 is 4.74 Å². The standard InChI is InChI=1S/C12H20O2/c1-2-3-4-5-6-7-8-11-9-10-12(13)14-11/h9-11H,2-8H2,1H3/t11-/m0/s1. The van der Waals surface area contributed by atoms with E-state index in [4.69, 9.17) is 4.74 Å². The fourth-order valence-corrected chi connectivity index (χ4v) is 1.69. The van der Waals surface area contributed by atoms with Crippen LogP contribution in [0, 0.1) is 0 Å². The topological polar surface area (TPSA) is 26.3 Å². The van der Waals surface area contributed by atoms with Crippen LogP contribution < -0.4 is 0 Å². The van der Waals surface area contributed by atoms with E-state index in [-0.39, 0.29) is 12.1 Å². The molecule has 0 saturated heterocycles. The van der Waals surface area contributed by atoms with E-state index in [0.717, 1.165) is 6.42 Å². The molecule has 1 atom stereocenters. The summed E-state index contributed by atoms with van der Waals surface area (Å²) in [6, 6.07) is 0. The molecule has 0 amide bonds. The molecule has 0 aromatic heterocycles. The Bertz CT molecular complexity index is 196. The molecule has 0 bridgehead atoms. The van der Waals surface area contributed by atoms with Gasteiger partial charge in [0.2, 0.25) is 0 Å². The van der Waals surface area contributed by atoms with Crippen molar-refractivity contribution in [3.63, 3.8) is 0 Å². The van der Waals surface area contributed by atoms with Crippen molar-refractivity contribution in [2.24, 2.45) is 0 Å². The van der Waals surface area contributed by atoms with Gasteiger partial charge >= 0.3 is 5.97 Å². The summed E-state index contributed by atoms with van der Waals surface area (Å²) >= 11 is 0. The molecule has 0 aromatic carbocycles. The van der Waals surface area contributed by atoms with Gasteiger partial charge in [-0.05, 0) is 18.9 Å². The summed E-state index contributed by atoms with van der Waals surface area (Å²) < 4.78 is 5.04. The summed E-state index contributed by atoms with van der Waals surface area (Å²) in [5.41, 5.74) is 0. The van der Waals surface area contributed by atoms with Gasteiger partial charge in [-0.2, -0.15) is 0 Å². The Morgan fingerprint density at radius 3 is 2.57 bits per heavy atom. The number of unbranched alkanes of at least 4 members (excludes halogenated alkanes) is 5. The lowest BCUT2D eigenvalue weighted by Crippen LogP contribution is -2.06. The smallest absolute Gasteiger partial charge is 0.331 e. The lowest BCUT2D eigenvalue weighted by Gasteiger charge is -2.07. The molecule has 80 valence electrons. The summed E-state index contributed by atoms with van der Waals surface area (Å²) in [5, 5.41) is 0. The van der Waals surface area contributed by atoms with Crippen LogP contribution in [0.5, 0.6) is 0 Å². The number of hydrogen-bond donors (Lipinski definition) is 0. The van der Waals surface area contributed by atoms with Gasteiger partial charge in [0.25, 0.3) is 0 Å². The number of carbonyl (C=O) groups excluding carboxylic acids is 1. The molecular formula is C12H20O2. The first-order valence-electron chi connectivity index (χ1n) is 5.71. The Morgan fingerprint density at radius 2 is 1.93 bits per heavy atom. The van der Waals surface area contributed by atoms with E-state index in [1.165, 1.54) is 44.6 Å². The molecule has 0 spiro atoms. The largest absolute Gasteiger partial charge is 0.455 e. The highest BCUT2D eigenvalue weighted by molar-refractivity contribution is 5.84. The first-order chi connectivity index (χ1) is 6.83. The maximum atomic E-state index is 10.7.